The normalized spacial score (nSPS) is 16.7. The van der Waals surface area contributed by atoms with Crippen molar-refractivity contribution in [3.8, 4) is 0 Å². The van der Waals surface area contributed by atoms with Crippen molar-refractivity contribution in [1.82, 2.24) is 10.6 Å². The number of rotatable bonds is 6. The maximum absolute atomic E-state index is 12.2. The minimum absolute atomic E-state index is 0.0354. The van der Waals surface area contributed by atoms with E-state index in [2.05, 4.69) is 10.6 Å². The van der Waals surface area contributed by atoms with Gasteiger partial charge in [0.1, 0.15) is 0 Å². The van der Waals surface area contributed by atoms with Crippen molar-refractivity contribution in [3.63, 3.8) is 0 Å². The first kappa shape index (κ1) is 21.2. The van der Waals surface area contributed by atoms with Crippen LogP contribution in [0.2, 0.25) is 0 Å². The quantitative estimate of drug-likeness (QED) is 0.685. The molecule has 9 heteroatoms. The molecule has 0 atom stereocenters. The zero-order valence-electron chi connectivity index (χ0n) is 16.1. The van der Waals surface area contributed by atoms with Crippen molar-refractivity contribution in [3.05, 3.63) is 24.3 Å². The van der Waals surface area contributed by atoms with Crippen LogP contribution in [0.4, 0.5) is 10.5 Å². The van der Waals surface area contributed by atoms with E-state index < -0.39 is 24.5 Å². The van der Waals surface area contributed by atoms with E-state index in [1.807, 2.05) is 24.3 Å². The van der Waals surface area contributed by atoms with Gasteiger partial charge in [0.25, 0.3) is 5.91 Å². The molecule has 2 N–H and O–H groups in total. The third-order valence-electron chi connectivity index (χ3n) is 4.91. The van der Waals surface area contributed by atoms with Gasteiger partial charge < -0.3 is 15.0 Å². The van der Waals surface area contributed by atoms with Crippen LogP contribution >= 0.6 is 11.8 Å². The smallest absolute Gasteiger partial charge is 0.321 e. The molecule has 3 rings (SSSR count). The van der Waals surface area contributed by atoms with Crippen molar-refractivity contribution in [2.45, 2.75) is 49.5 Å². The lowest BCUT2D eigenvalue weighted by Crippen LogP contribution is -2.46. The maximum atomic E-state index is 12.2. The Morgan fingerprint density at radius 1 is 1.14 bits per heavy atom. The van der Waals surface area contributed by atoms with Crippen molar-refractivity contribution < 1.29 is 23.9 Å². The van der Waals surface area contributed by atoms with Crippen molar-refractivity contribution in [2.75, 3.05) is 23.8 Å². The minimum Gasteiger partial charge on any atom is -0.456 e. The molecule has 0 saturated heterocycles. The van der Waals surface area contributed by atoms with E-state index in [1.165, 1.54) is 18.2 Å². The van der Waals surface area contributed by atoms with Gasteiger partial charge in [-0.25, -0.2) is 4.79 Å². The van der Waals surface area contributed by atoms with E-state index >= 15 is 0 Å². The Balaban J connectivity index is 1.38. The predicted molar refractivity (Wildman–Crippen MR) is 109 cm³/mol. The predicted octanol–water partition coefficient (Wildman–Crippen LogP) is 2.22. The highest BCUT2D eigenvalue weighted by Crippen LogP contribution is 2.34. The van der Waals surface area contributed by atoms with Gasteiger partial charge in [-0.3, -0.25) is 19.7 Å². The number of imide groups is 1. The first-order valence-corrected chi connectivity index (χ1v) is 10.8. The van der Waals surface area contributed by atoms with Crippen LogP contribution < -0.4 is 15.5 Å². The van der Waals surface area contributed by atoms with Gasteiger partial charge in [-0.1, -0.05) is 31.4 Å². The number of hydrogen-bond donors (Lipinski definition) is 2. The Hall–Kier alpha value is -2.55. The second-order valence-electron chi connectivity index (χ2n) is 7.07. The number of carbonyl (C=O) groups is 4. The lowest BCUT2D eigenvalue weighted by molar-refractivity contribution is -0.148. The largest absolute Gasteiger partial charge is 0.456 e. The Morgan fingerprint density at radius 3 is 2.69 bits per heavy atom. The fourth-order valence-electron chi connectivity index (χ4n) is 3.45. The molecule has 0 aromatic heterocycles. The summed E-state index contributed by atoms with van der Waals surface area (Å²) in [5.74, 6) is -1.03. The summed E-state index contributed by atoms with van der Waals surface area (Å²) in [6.45, 7) is -0.351. The molecule has 1 aromatic rings. The molecule has 1 saturated carbocycles. The molecular formula is C20H25N3O5S. The average molecular weight is 420 g/mol. The Labute approximate surface area is 173 Å². The number of ether oxygens (including phenoxy) is 1. The first-order valence-electron chi connectivity index (χ1n) is 9.81. The molecule has 0 radical (unpaired) electrons. The fourth-order valence-corrected chi connectivity index (χ4v) is 4.39. The number of nitrogens with zero attached hydrogens (tertiary/aromatic N) is 1. The van der Waals surface area contributed by atoms with Crippen molar-refractivity contribution in [2.24, 2.45) is 0 Å². The summed E-state index contributed by atoms with van der Waals surface area (Å²) in [6.07, 6.45) is 5.09. The molecule has 0 bridgehead atoms. The Morgan fingerprint density at radius 2 is 1.90 bits per heavy atom. The third kappa shape index (κ3) is 6.22. The lowest BCUT2D eigenvalue weighted by atomic mass is 9.96. The second kappa shape index (κ2) is 10.3. The Bertz CT molecular complexity index is 779. The number of fused-ring (bicyclic) bond motifs is 1. The molecule has 1 aliphatic carbocycles. The van der Waals surface area contributed by atoms with Crippen LogP contribution in [0.5, 0.6) is 0 Å². The third-order valence-corrected chi connectivity index (χ3v) is 5.95. The van der Waals surface area contributed by atoms with Gasteiger partial charge in [0.15, 0.2) is 6.61 Å². The summed E-state index contributed by atoms with van der Waals surface area (Å²) in [6, 6.07) is 7.03. The number of carbonyl (C=O) groups excluding carboxylic acids is 4. The Kier molecular flexibility index (Phi) is 7.51. The van der Waals surface area contributed by atoms with Gasteiger partial charge in [0, 0.05) is 17.5 Å². The first-order chi connectivity index (χ1) is 14.0. The van der Waals surface area contributed by atoms with Crippen LogP contribution in [0, 0.1) is 0 Å². The van der Waals surface area contributed by atoms with Crippen molar-refractivity contribution >= 4 is 41.3 Å². The number of anilines is 1. The number of esters is 1. The van der Waals surface area contributed by atoms with Gasteiger partial charge >= 0.3 is 12.0 Å². The maximum Gasteiger partial charge on any atom is 0.321 e. The molecular weight excluding hydrogens is 394 g/mol. The second-order valence-corrected chi connectivity index (χ2v) is 8.09. The van der Waals surface area contributed by atoms with Crippen LogP contribution in [0.15, 0.2) is 29.2 Å². The van der Waals surface area contributed by atoms with Gasteiger partial charge in [-0.05, 0) is 25.0 Å². The van der Waals surface area contributed by atoms with Crippen LogP contribution in [-0.2, 0) is 19.1 Å². The summed E-state index contributed by atoms with van der Waals surface area (Å²) < 4.78 is 4.93. The monoisotopic (exact) mass is 419 g/mol. The fraction of sp³-hybridized carbons (Fsp3) is 0.500. The van der Waals surface area contributed by atoms with Gasteiger partial charge in [0.2, 0.25) is 5.91 Å². The summed E-state index contributed by atoms with van der Waals surface area (Å²) in [4.78, 5) is 50.3. The number of thioether (sulfide) groups is 1. The van der Waals surface area contributed by atoms with Gasteiger partial charge in [-0.15, -0.1) is 11.8 Å². The number of benzene rings is 1. The molecule has 1 aromatic carbocycles. The lowest BCUT2D eigenvalue weighted by Gasteiger charge is -2.28. The number of nitrogens with one attached hydrogen (secondary N) is 2. The van der Waals surface area contributed by atoms with Gasteiger partial charge in [-0.2, -0.15) is 0 Å². The SMILES string of the molecule is O=C(COC(=O)CCN1C(=O)CSc2ccccc21)NC(=O)NC1CCCCC1. The van der Waals surface area contributed by atoms with Crippen molar-refractivity contribution in [1.29, 1.82) is 0 Å². The zero-order valence-corrected chi connectivity index (χ0v) is 17.0. The standard InChI is InChI=1S/C20H25N3O5S/c24-17(22-20(27)21-14-6-2-1-3-7-14)12-28-19(26)10-11-23-15-8-4-5-9-16(15)29-13-18(23)25/h4-5,8-9,14H,1-3,6-7,10-13H2,(H2,21,22,24,27). The molecule has 0 spiro atoms. The minimum atomic E-state index is -0.678. The highest BCUT2D eigenvalue weighted by atomic mass is 32.2. The molecule has 0 unspecified atom stereocenters. The van der Waals surface area contributed by atoms with Crippen LogP contribution in [-0.4, -0.2) is 48.8 Å². The van der Waals surface area contributed by atoms with E-state index in [9.17, 15) is 19.2 Å². The zero-order chi connectivity index (χ0) is 20.6. The molecule has 8 nitrogen and oxygen atoms in total. The number of para-hydroxylation sites is 1. The molecule has 156 valence electrons. The molecule has 1 aliphatic heterocycles. The molecule has 1 heterocycles. The number of hydrogen-bond acceptors (Lipinski definition) is 6. The van der Waals surface area contributed by atoms with E-state index in [4.69, 9.17) is 4.74 Å². The van der Waals surface area contributed by atoms with Gasteiger partial charge in [0.05, 0.1) is 17.9 Å². The number of amides is 4. The summed E-state index contributed by atoms with van der Waals surface area (Å²) in [5.41, 5.74) is 0.777. The molecule has 2 aliphatic rings. The summed E-state index contributed by atoms with van der Waals surface area (Å²) in [5, 5.41) is 4.94. The molecule has 1 fully saturated rings. The van der Waals surface area contributed by atoms with Crippen LogP contribution in [0.1, 0.15) is 38.5 Å². The van der Waals surface area contributed by atoms with E-state index in [-0.39, 0.29) is 24.9 Å². The van der Waals surface area contributed by atoms with E-state index in [0.29, 0.717) is 5.75 Å². The number of urea groups is 1. The summed E-state index contributed by atoms with van der Waals surface area (Å²) >= 11 is 1.47. The topological polar surface area (TPSA) is 105 Å². The molecule has 29 heavy (non-hydrogen) atoms. The average Bonchev–Trinajstić information content (AvgIpc) is 2.72. The highest BCUT2D eigenvalue weighted by Gasteiger charge is 2.25. The summed E-state index contributed by atoms with van der Waals surface area (Å²) in [7, 11) is 0. The highest BCUT2D eigenvalue weighted by molar-refractivity contribution is 8.00. The van der Waals surface area contributed by atoms with E-state index in [0.717, 1.165) is 36.3 Å². The van der Waals surface area contributed by atoms with Crippen LogP contribution in [0.25, 0.3) is 0 Å². The van der Waals surface area contributed by atoms with Crippen LogP contribution in [0.3, 0.4) is 0 Å². The molecule has 4 amide bonds. The van der Waals surface area contributed by atoms with E-state index in [1.54, 1.807) is 4.90 Å².